The van der Waals surface area contributed by atoms with Crippen molar-refractivity contribution in [3.05, 3.63) is 91.4 Å². The fourth-order valence-electron chi connectivity index (χ4n) is 5.34. The smallest absolute Gasteiger partial charge is 0.264 e. The highest BCUT2D eigenvalue weighted by atomic mass is 35.5. The summed E-state index contributed by atoms with van der Waals surface area (Å²) >= 11 is 12.4. The molecule has 0 aliphatic rings. The van der Waals surface area contributed by atoms with E-state index in [0.29, 0.717) is 54.2 Å². The third-order valence-electron chi connectivity index (χ3n) is 6.74. The van der Waals surface area contributed by atoms with Crippen molar-refractivity contribution in [3.63, 3.8) is 0 Å². The predicted octanol–water partition coefficient (Wildman–Crippen LogP) is 5.65. The number of rotatable bonds is 0. The maximum Gasteiger partial charge on any atom is 0.264 e. The zero-order valence-corrected chi connectivity index (χ0v) is 18.6. The van der Waals surface area contributed by atoms with Crippen molar-refractivity contribution < 1.29 is 0 Å². The Hall–Kier alpha value is -4.00. The van der Waals surface area contributed by atoms with Gasteiger partial charge in [-0.25, -0.2) is 9.97 Å². The molecule has 8 aromatic rings. The lowest BCUT2D eigenvalue weighted by Crippen LogP contribution is -2.16. The summed E-state index contributed by atoms with van der Waals surface area (Å²) in [4.78, 5) is 36.8. The van der Waals surface area contributed by atoms with E-state index in [-0.39, 0.29) is 11.1 Å². The molecular weight excluding hydrogens is 471 g/mol. The van der Waals surface area contributed by atoms with E-state index in [1.807, 2.05) is 18.2 Å². The molecular formula is C26H10Cl2N4O2. The van der Waals surface area contributed by atoms with Gasteiger partial charge in [-0.15, -0.1) is 0 Å². The number of fused-ring (bicyclic) bond motifs is 8. The van der Waals surface area contributed by atoms with E-state index in [0.717, 1.165) is 21.5 Å². The molecule has 0 bridgehead atoms. The van der Waals surface area contributed by atoms with Gasteiger partial charge in [-0.1, -0.05) is 23.2 Å². The van der Waals surface area contributed by atoms with E-state index in [1.54, 1.807) is 51.3 Å². The third kappa shape index (κ3) is 2.04. The van der Waals surface area contributed by atoms with Gasteiger partial charge in [0.2, 0.25) is 0 Å². The number of imidazole rings is 2. The van der Waals surface area contributed by atoms with Crippen LogP contribution in [-0.2, 0) is 0 Å². The van der Waals surface area contributed by atoms with Gasteiger partial charge < -0.3 is 0 Å². The summed E-state index contributed by atoms with van der Waals surface area (Å²) in [5.41, 5.74) is 3.36. The van der Waals surface area contributed by atoms with Gasteiger partial charge in [0.05, 0.1) is 22.1 Å². The summed E-state index contributed by atoms with van der Waals surface area (Å²) in [5, 5.41) is 5.15. The van der Waals surface area contributed by atoms with Crippen LogP contribution in [0.25, 0.3) is 65.7 Å². The molecule has 6 nitrogen and oxygen atoms in total. The summed E-state index contributed by atoms with van der Waals surface area (Å²) in [7, 11) is 0. The zero-order chi connectivity index (χ0) is 22.9. The van der Waals surface area contributed by atoms with Crippen molar-refractivity contribution in [2.24, 2.45) is 0 Å². The molecule has 0 aliphatic heterocycles. The van der Waals surface area contributed by atoms with Crippen molar-refractivity contribution in [1.29, 1.82) is 0 Å². The van der Waals surface area contributed by atoms with E-state index in [4.69, 9.17) is 33.2 Å². The molecule has 0 N–H and O–H groups in total. The van der Waals surface area contributed by atoms with Crippen LogP contribution in [0.2, 0.25) is 10.0 Å². The summed E-state index contributed by atoms with van der Waals surface area (Å²) < 4.78 is 3.22. The molecule has 34 heavy (non-hydrogen) atoms. The zero-order valence-electron chi connectivity index (χ0n) is 17.1. The van der Waals surface area contributed by atoms with Crippen LogP contribution in [0.4, 0.5) is 0 Å². The molecule has 4 heterocycles. The Bertz CT molecular complexity index is 2290. The molecule has 4 aromatic carbocycles. The van der Waals surface area contributed by atoms with Crippen LogP contribution in [0.1, 0.15) is 0 Å². The Kier molecular flexibility index (Phi) is 3.21. The lowest BCUT2D eigenvalue weighted by molar-refractivity contribution is 1.18. The van der Waals surface area contributed by atoms with Crippen LogP contribution in [0.15, 0.2) is 70.3 Å². The minimum absolute atomic E-state index is 0.186. The van der Waals surface area contributed by atoms with Gasteiger partial charge >= 0.3 is 0 Å². The summed E-state index contributed by atoms with van der Waals surface area (Å²) in [6.07, 6.45) is 0. The van der Waals surface area contributed by atoms with Crippen LogP contribution in [0, 0.1) is 0 Å². The standard InChI is InChI=1S/C26H10Cl2N4O2/c27-11-2-8-19-18(9-11)30-24-14-4-6-16-21-13(3-5-15(22(14)21)25(33)31(19)24)23-29-17-7-1-12(28)10-20(17)32(23)26(16)34/h1-10H. The summed E-state index contributed by atoms with van der Waals surface area (Å²) in [5.74, 6) is 0. The fraction of sp³-hybridized carbons (Fsp3) is 0. The highest BCUT2D eigenvalue weighted by Gasteiger charge is 2.22. The molecule has 160 valence electrons. The lowest BCUT2D eigenvalue weighted by atomic mass is 9.96. The second kappa shape index (κ2) is 5.91. The molecule has 0 unspecified atom stereocenters. The third-order valence-corrected chi connectivity index (χ3v) is 7.21. The molecule has 0 fully saturated rings. The van der Waals surface area contributed by atoms with Gasteiger partial charge in [-0.05, 0) is 60.7 Å². The SMILES string of the molecule is O=c1c2ccc3c4c(ccc(c24)c2nc4cc(Cl)ccc4n12)c(=O)n1c2cc(Cl)ccc2nc31. The van der Waals surface area contributed by atoms with Gasteiger partial charge in [0, 0.05) is 42.4 Å². The van der Waals surface area contributed by atoms with E-state index in [9.17, 15) is 9.59 Å². The Morgan fingerprint density at radius 3 is 1.76 bits per heavy atom. The van der Waals surface area contributed by atoms with Crippen molar-refractivity contribution in [2.75, 3.05) is 0 Å². The average Bonchev–Trinajstić information content (AvgIpc) is 3.39. The monoisotopic (exact) mass is 480 g/mol. The molecule has 0 spiro atoms. The minimum atomic E-state index is -0.200. The second-order valence-corrected chi connectivity index (χ2v) is 9.36. The topological polar surface area (TPSA) is 68.7 Å². The minimum Gasteiger partial charge on any atom is -0.268 e. The van der Waals surface area contributed by atoms with Crippen LogP contribution >= 0.6 is 23.2 Å². The first-order valence-corrected chi connectivity index (χ1v) is 11.3. The molecule has 0 atom stereocenters. The number of hydrogen-bond donors (Lipinski definition) is 0. The van der Waals surface area contributed by atoms with Crippen molar-refractivity contribution in [1.82, 2.24) is 18.8 Å². The van der Waals surface area contributed by atoms with E-state index in [2.05, 4.69) is 0 Å². The normalized spacial score (nSPS) is 12.6. The Morgan fingerprint density at radius 2 is 1.09 bits per heavy atom. The Morgan fingerprint density at radius 1 is 0.559 bits per heavy atom. The molecule has 8 heteroatoms. The van der Waals surface area contributed by atoms with Gasteiger partial charge in [0.25, 0.3) is 11.1 Å². The number of hydrogen-bond acceptors (Lipinski definition) is 4. The highest BCUT2D eigenvalue weighted by molar-refractivity contribution is 6.32. The van der Waals surface area contributed by atoms with Crippen molar-refractivity contribution in [2.45, 2.75) is 0 Å². The van der Waals surface area contributed by atoms with Crippen LogP contribution in [0.3, 0.4) is 0 Å². The maximum absolute atomic E-state index is 13.7. The summed E-state index contributed by atoms with van der Waals surface area (Å²) in [6.45, 7) is 0. The van der Waals surface area contributed by atoms with E-state index < -0.39 is 0 Å². The van der Waals surface area contributed by atoms with Gasteiger partial charge in [-0.3, -0.25) is 18.4 Å². The van der Waals surface area contributed by atoms with E-state index >= 15 is 0 Å². The molecule has 4 aromatic heterocycles. The lowest BCUT2D eigenvalue weighted by Gasteiger charge is -2.12. The Balaban J connectivity index is 1.69. The largest absolute Gasteiger partial charge is 0.268 e. The number of pyridine rings is 2. The average molecular weight is 481 g/mol. The number of halogens is 2. The van der Waals surface area contributed by atoms with Crippen LogP contribution < -0.4 is 11.1 Å². The molecule has 0 saturated heterocycles. The maximum atomic E-state index is 13.7. The fourth-order valence-corrected chi connectivity index (χ4v) is 5.67. The molecule has 8 rings (SSSR count). The first kappa shape index (κ1) is 18.4. The van der Waals surface area contributed by atoms with Crippen LogP contribution in [0.5, 0.6) is 0 Å². The summed E-state index contributed by atoms with van der Waals surface area (Å²) in [6, 6.07) is 18.0. The van der Waals surface area contributed by atoms with E-state index in [1.165, 1.54) is 0 Å². The predicted molar refractivity (Wildman–Crippen MR) is 136 cm³/mol. The van der Waals surface area contributed by atoms with Gasteiger partial charge in [0.15, 0.2) is 0 Å². The van der Waals surface area contributed by atoms with Crippen molar-refractivity contribution >= 4 is 88.9 Å². The quantitative estimate of drug-likeness (QED) is 0.263. The highest BCUT2D eigenvalue weighted by Crippen LogP contribution is 2.37. The van der Waals surface area contributed by atoms with Gasteiger partial charge in [-0.2, -0.15) is 0 Å². The Labute approximate surface area is 198 Å². The first-order valence-electron chi connectivity index (χ1n) is 10.6. The number of benzene rings is 4. The van der Waals surface area contributed by atoms with Gasteiger partial charge in [0.1, 0.15) is 11.3 Å². The van der Waals surface area contributed by atoms with Crippen LogP contribution in [-0.4, -0.2) is 18.8 Å². The molecule has 0 amide bonds. The molecule has 0 radical (unpaired) electrons. The number of nitrogens with zero attached hydrogens (tertiary/aromatic N) is 4. The van der Waals surface area contributed by atoms with Crippen molar-refractivity contribution in [3.8, 4) is 0 Å². The number of aromatic nitrogens is 4. The first-order chi connectivity index (χ1) is 16.5. The molecule has 0 saturated carbocycles. The molecule has 0 aliphatic carbocycles. The second-order valence-electron chi connectivity index (χ2n) is 8.49.